The minimum absolute atomic E-state index is 0.0843. The molecule has 0 aliphatic carbocycles. The van der Waals surface area contributed by atoms with Gasteiger partial charge in [-0.05, 0) is 20.1 Å². The van der Waals surface area contributed by atoms with Crippen LogP contribution in [0.3, 0.4) is 0 Å². The predicted molar refractivity (Wildman–Crippen MR) is 61.1 cm³/mol. The molecular formula is C8H12N2O2S2. The fourth-order valence-corrected chi connectivity index (χ4v) is 4.17. The lowest BCUT2D eigenvalue weighted by Crippen LogP contribution is -2.34. The molecule has 1 rings (SSSR count). The molecule has 0 aromatic heterocycles. The number of rotatable bonds is 1. The van der Waals surface area contributed by atoms with Gasteiger partial charge in [-0.25, -0.2) is 4.79 Å². The largest absolute Gasteiger partial charge is 0.300 e. The molecule has 1 heterocycles. The first-order valence-electron chi connectivity index (χ1n) is 3.98. The van der Waals surface area contributed by atoms with Crippen LogP contribution in [0.1, 0.15) is 13.8 Å². The third-order valence-electron chi connectivity index (χ3n) is 2.65. The SMILES string of the molecule is CN1C(=O)C(C)(C)S(C)(N=C=O)C1=S. The highest BCUT2D eigenvalue weighted by Gasteiger charge is 2.55. The number of nitrogens with zero attached hydrogens (tertiary/aromatic N) is 2. The Morgan fingerprint density at radius 2 is 2.07 bits per heavy atom. The van der Waals surface area contributed by atoms with Gasteiger partial charge in [0.05, 0.1) is 4.75 Å². The van der Waals surface area contributed by atoms with E-state index in [1.54, 1.807) is 27.2 Å². The summed E-state index contributed by atoms with van der Waals surface area (Å²) in [6.07, 6.45) is 3.29. The molecule has 0 radical (unpaired) electrons. The summed E-state index contributed by atoms with van der Waals surface area (Å²) in [6, 6.07) is 0. The molecule has 0 saturated carbocycles. The predicted octanol–water partition coefficient (Wildman–Crippen LogP) is 1.21. The van der Waals surface area contributed by atoms with E-state index in [9.17, 15) is 9.59 Å². The first-order chi connectivity index (χ1) is 6.29. The third-order valence-corrected chi connectivity index (χ3v) is 7.45. The van der Waals surface area contributed by atoms with Crippen LogP contribution in [0.15, 0.2) is 4.40 Å². The molecule has 1 fully saturated rings. The quantitative estimate of drug-likeness (QED) is 0.388. The van der Waals surface area contributed by atoms with Crippen LogP contribution in [-0.2, 0) is 9.59 Å². The second kappa shape index (κ2) is 3.15. The molecule has 1 atom stereocenters. The van der Waals surface area contributed by atoms with Crippen LogP contribution < -0.4 is 0 Å². The molecule has 6 heteroatoms. The minimum Gasteiger partial charge on any atom is -0.300 e. The zero-order valence-corrected chi connectivity index (χ0v) is 10.2. The number of thiocarbonyl (C=S) groups is 1. The highest BCUT2D eigenvalue weighted by atomic mass is 32.3. The van der Waals surface area contributed by atoms with E-state index in [-0.39, 0.29) is 5.91 Å². The maximum Gasteiger partial charge on any atom is 0.246 e. The Morgan fingerprint density at radius 3 is 2.36 bits per heavy atom. The summed E-state index contributed by atoms with van der Waals surface area (Å²) >= 11 is 5.14. The molecule has 0 spiro atoms. The van der Waals surface area contributed by atoms with Crippen LogP contribution in [0.5, 0.6) is 0 Å². The average Bonchev–Trinajstić information content (AvgIpc) is 2.22. The van der Waals surface area contributed by atoms with Crippen LogP contribution in [0.4, 0.5) is 0 Å². The van der Waals surface area contributed by atoms with E-state index in [2.05, 4.69) is 4.40 Å². The Kier molecular flexibility index (Phi) is 2.56. The van der Waals surface area contributed by atoms with E-state index in [1.165, 1.54) is 11.0 Å². The van der Waals surface area contributed by atoms with E-state index in [1.807, 2.05) is 0 Å². The topological polar surface area (TPSA) is 49.7 Å². The molecule has 1 aliphatic heterocycles. The van der Waals surface area contributed by atoms with Gasteiger partial charge in [0.25, 0.3) is 0 Å². The van der Waals surface area contributed by atoms with Gasteiger partial charge in [-0.2, -0.15) is 0 Å². The van der Waals surface area contributed by atoms with Crippen molar-refractivity contribution in [2.45, 2.75) is 18.6 Å². The molecule has 78 valence electrons. The van der Waals surface area contributed by atoms with Crippen molar-refractivity contribution < 1.29 is 9.59 Å². The Labute approximate surface area is 89.8 Å². The van der Waals surface area contributed by atoms with Crippen molar-refractivity contribution in [1.82, 2.24) is 4.90 Å². The van der Waals surface area contributed by atoms with E-state index in [0.717, 1.165) is 0 Å². The summed E-state index contributed by atoms with van der Waals surface area (Å²) < 4.78 is 3.52. The van der Waals surface area contributed by atoms with Crippen LogP contribution in [0.25, 0.3) is 0 Å². The molecule has 0 aromatic rings. The third kappa shape index (κ3) is 1.15. The number of carbonyl (C=O) groups excluding carboxylic acids is 2. The van der Waals surface area contributed by atoms with Crippen LogP contribution in [0, 0.1) is 0 Å². The number of amides is 1. The van der Waals surface area contributed by atoms with Crippen molar-refractivity contribution in [3.8, 4) is 0 Å². The standard InChI is InChI=1S/C8H12N2O2S2/c1-8(2)6(12)10(3)7(13)14(8,4)9-5-11/h1-4H3. The molecule has 0 aromatic carbocycles. The molecule has 1 amide bonds. The first kappa shape index (κ1) is 11.4. The van der Waals surface area contributed by atoms with Crippen molar-refractivity contribution in [1.29, 1.82) is 0 Å². The Bertz CT molecular complexity index is 360. The highest BCUT2D eigenvalue weighted by Crippen LogP contribution is 2.63. The number of hydrogen-bond acceptors (Lipinski definition) is 4. The second-order valence-electron chi connectivity index (χ2n) is 3.70. The van der Waals surface area contributed by atoms with Gasteiger partial charge >= 0.3 is 0 Å². The van der Waals surface area contributed by atoms with Gasteiger partial charge in [-0.1, -0.05) is 22.4 Å². The summed E-state index contributed by atoms with van der Waals surface area (Å²) in [5.74, 6) is -0.0843. The number of carbonyl (C=O) groups is 1. The van der Waals surface area contributed by atoms with Crippen molar-refractivity contribution in [3.63, 3.8) is 0 Å². The lowest BCUT2D eigenvalue weighted by atomic mass is 10.2. The van der Waals surface area contributed by atoms with Gasteiger partial charge in [-0.15, -0.1) is 4.40 Å². The smallest absolute Gasteiger partial charge is 0.246 e. The molecule has 1 unspecified atom stereocenters. The molecule has 1 saturated heterocycles. The first-order valence-corrected chi connectivity index (χ1v) is 6.39. The van der Waals surface area contributed by atoms with Gasteiger partial charge < -0.3 is 0 Å². The normalized spacial score (nSPS) is 35.0. The van der Waals surface area contributed by atoms with Gasteiger partial charge in [-0.3, -0.25) is 9.69 Å². The molecule has 1 aliphatic rings. The molecule has 14 heavy (non-hydrogen) atoms. The maximum atomic E-state index is 11.8. The van der Waals surface area contributed by atoms with Crippen molar-refractivity contribution in [2.24, 2.45) is 4.40 Å². The Morgan fingerprint density at radius 1 is 1.57 bits per heavy atom. The van der Waals surface area contributed by atoms with Crippen LogP contribution >= 0.6 is 22.4 Å². The van der Waals surface area contributed by atoms with Crippen LogP contribution in [0.2, 0.25) is 0 Å². The van der Waals surface area contributed by atoms with Crippen molar-refractivity contribution in [2.75, 3.05) is 13.3 Å². The van der Waals surface area contributed by atoms with E-state index in [0.29, 0.717) is 4.32 Å². The van der Waals surface area contributed by atoms with Gasteiger partial charge in [0.2, 0.25) is 12.0 Å². The summed E-state index contributed by atoms with van der Waals surface area (Å²) in [6.45, 7) is 3.53. The monoisotopic (exact) mass is 232 g/mol. The zero-order valence-electron chi connectivity index (χ0n) is 8.53. The molecule has 0 bridgehead atoms. The summed E-state index contributed by atoms with van der Waals surface area (Å²) in [5.41, 5.74) is 0. The fraction of sp³-hybridized carbons (Fsp3) is 0.625. The Balaban J connectivity index is 3.39. The molecular weight excluding hydrogens is 220 g/mol. The summed E-state index contributed by atoms with van der Waals surface area (Å²) in [4.78, 5) is 23.6. The van der Waals surface area contributed by atoms with Gasteiger partial charge in [0, 0.05) is 7.05 Å². The number of isocyanates is 1. The molecule has 4 nitrogen and oxygen atoms in total. The zero-order chi connectivity index (χ0) is 11.1. The number of hydrogen-bond donors (Lipinski definition) is 0. The highest BCUT2D eigenvalue weighted by molar-refractivity contribution is 8.50. The Hall–Kier alpha value is -0.710. The lowest BCUT2D eigenvalue weighted by Gasteiger charge is -2.33. The molecule has 0 N–H and O–H groups in total. The average molecular weight is 232 g/mol. The summed E-state index contributed by atoms with van der Waals surface area (Å²) in [5, 5.41) is 0. The summed E-state index contributed by atoms with van der Waals surface area (Å²) in [7, 11) is -0.284. The van der Waals surface area contributed by atoms with Gasteiger partial charge in [0.1, 0.15) is 4.32 Å². The van der Waals surface area contributed by atoms with Gasteiger partial charge in [0.15, 0.2) is 0 Å². The minimum atomic E-state index is -1.90. The van der Waals surface area contributed by atoms with E-state index < -0.39 is 15.0 Å². The maximum absolute atomic E-state index is 11.8. The second-order valence-corrected chi connectivity index (χ2v) is 7.68. The van der Waals surface area contributed by atoms with E-state index >= 15 is 0 Å². The van der Waals surface area contributed by atoms with Crippen molar-refractivity contribution >= 4 is 38.7 Å². The lowest BCUT2D eigenvalue weighted by molar-refractivity contribution is -0.127. The van der Waals surface area contributed by atoms with Crippen molar-refractivity contribution in [3.05, 3.63) is 0 Å². The van der Waals surface area contributed by atoms with Crippen LogP contribution in [-0.4, -0.2) is 39.3 Å². The fourth-order valence-electron chi connectivity index (χ4n) is 1.37. The van der Waals surface area contributed by atoms with E-state index in [4.69, 9.17) is 12.2 Å².